The van der Waals surface area contributed by atoms with E-state index in [0.29, 0.717) is 6.92 Å². The third-order valence-corrected chi connectivity index (χ3v) is 2.37. The van der Waals surface area contributed by atoms with Crippen LogP contribution in [0.5, 0.6) is 0 Å². The summed E-state index contributed by atoms with van der Waals surface area (Å²) in [4.78, 5) is 21.7. The van der Waals surface area contributed by atoms with E-state index in [2.05, 4.69) is 4.74 Å². The van der Waals surface area contributed by atoms with Gasteiger partial charge in [-0.15, -0.1) is 0 Å². The highest BCUT2D eigenvalue weighted by Crippen LogP contribution is 2.36. The number of hydrogen-bond donors (Lipinski definition) is 8. The lowest BCUT2D eigenvalue weighted by Gasteiger charge is -2.48. The Kier molecular flexibility index (Phi) is 4.62. The number of amides is 1. The third kappa shape index (κ3) is 2.82. The Morgan fingerprint density at radius 3 is 1.74 bits per heavy atom. The molecular formula is C8H15NO10. The number of aldehydes is 1. The van der Waals surface area contributed by atoms with Crippen LogP contribution in [0.25, 0.3) is 0 Å². The summed E-state index contributed by atoms with van der Waals surface area (Å²) in [5.41, 5.74) is -7.85. The summed E-state index contributed by atoms with van der Waals surface area (Å²) < 4.78 is 3.98. The molecule has 0 saturated heterocycles. The van der Waals surface area contributed by atoms with Gasteiger partial charge in [0.25, 0.3) is 5.60 Å². The number of alkyl carbamates (subject to hydrolysis) is 1. The van der Waals surface area contributed by atoms with Gasteiger partial charge in [0.2, 0.25) is 11.5 Å². The molecule has 2 unspecified atom stereocenters. The second-order valence-corrected chi connectivity index (χ2v) is 3.87. The van der Waals surface area contributed by atoms with Gasteiger partial charge >= 0.3 is 12.1 Å². The molecule has 0 radical (unpaired) electrons. The number of aliphatic hydroxyl groups is 7. The molecule has 0 spiro atoms. The van der Waals surface area contributed by atoms with Gasteiger partial charge < -0.3 is 40.5 Å². The molecule has 8 N–H and O–H groups in total. The zero-order valence-corrected chi connectivity index (χ0v) is 9.93. The molecule has 0 saturated carbocycles. The number of carbonyl (C=O) groups is 2. The second kappa shape index (κ2) is 4.97. The van der Waals surface area contributed by atoms with Crippen LogP contribution in [0.1, 0.15) is 6.92 Å². The van der Waals surface area contributed by atoms with Gasteiger partial charge in [-0.3, -0.25) is 10.1 Å². The van der Waals surface area contributed by atoms with E-state index in [4.69, 9.17) is 15.3 Å². The number of hydrogen-bond acceptors (Lipinski definition) is 10. The Labute approximate surface area is 106 Å². The van der Waals surface area contributed by atoms with Crippen LogP contribution in [-0.2, 0) is 9.53 Å². The Bertz CT molecular complexity index is 342. The van der Waals surface area contributed by atoms with E-state index < -0.39 is 35.5 Å². The van der Waals surface area contributed by atoms with Crippen molar-refractivity contribution >= 4 is 12.4 Å². The van der Waals surface area contributed by atoms with Crippen molar-refractivity contribution in [2.45, 2.75) is 30.0 Å². The van der Waals surface area contributed by atoms with Crippen LogP contribution < -0.4 is 5.32 Å². The molecule has 0 aliphatic rings. The monoisotopic (exact) mass is 285 g/mol. The molecule has 0 rings (SSSR count). The first-order valence-corrected chi connectivity index (χ1v) is 4.66. The van der Waals surface area contributed by atoms with Crippen LogP contribution in [0.2, 0.25) is 0 Å². The maximum atomic E-state index is 10.9. The highest BCUT2D eigenvalue weighted by atomic mass is 16.7. The zero-order chi connectivity index (χ0) is 15.7. The minimum atomic E-state index is -4.39. The number of carbonyl (C=O) groups excluding carboxylic acids is 2. The van der Waals surface area contributed by atoms with Crippen molar-refractivity contribution in [3.8, 4) is 0 Å². The fourth-order valence-corrected chi connectivity index (χ4v) is 1.35. The number of ether oxygens (including phenoxy) is 1. The Hall–Kier alpha value is -1.34. The van der Waals surface area contributed by atoms with Gasteiger partial charge in [-0.05, 0) is 6.92 Å². The first kappa shape index (κ1) is 17.7. The van der Waals surface area contributed by atoms with Crippen LogP contribution in [0.4, 0.5) is 4.79 Å². The SMILES string of the molecule is COC(=O)NC(O)(C=O)C(O)(C(C)(O)O)C(O)(O)O. The van der Waals surface area contributed by atoms with Crippen molar-refractivity contribution in [1.82, 2.24) is 5.32 Å². The maximum Gasteiger partial charge on any atom is 0.409 e. The summed E-state index contributed by atoms with van der Waals surface area (Å²) in [6, 6.07) is 0. The Balaban J connectivity index is 5.98. The summed E-state index contributed by atoms with van der Waals surface area (Å²) in [5, 5.41) is 66.0. The van der Waals surface area contributed by atoms with E-state index in [1.165, 1.54) is 5.32 Å². The fourth-order valence-electron chi connectivity index (χ4n) is 1.35. The lowest BCUT2D eigenvalue weighted by atomic mass is 9.81. The molecule has 11 heteroatoms. The zero-order valence-electron chi connectivity index (χ0n) is 9.93. The largest absolute Gasteiger partial charge is 0.453 e. The maximum absolute atomic E-state index is 10.9. The quantitative estimate of drug-likeness (QED) is 0.179. The molecule has 0 aromatic rings. The van der Waals surface area contributed by atoms with Gasteiger partial charge in [-0.25, -0.2) is 4.79 Å². The molecule has 0 aliphatic heterocycles. The minimum absolute atomic E-state index is 0.303. The normalized spacial score (nSPS) is 19.0. The second-order valence-electron chi connectivity index (χ2n) is 3.87. The highest BCUT2D eigenvalue weighted by molar-refractivity contribution is 5.76. The van der Waals surface area contributed by atoms with Gasteiger partial charge in [0.15, 0.2) is 6.29 Å². The topological polar surface area (TPSA) is 197 Å². The lowest BCUT2D eigenvalue weighted by molar-refractivity contribution is -0.471. The van der Waals surface area contributed by atoms with Crippen molar-refractivity contribution in [3.05, 3.63) is 0 Å². The first-order valence-electron chi connectivity index (χ1n) is 4.66. The molecule has 19 heavy (non-hydrogen) atoms. The Morgan fingerprint density at radius 1 is 1.11 bits per heavy atom. The van der Waals surface area contributed by atoms with E-state index in [-0.39, 0.29) is 0 Å². The van der Waals surface area contributed by atoms with Crippen molar-refractivity contribution in [2.75, 3.05) is 7.11 Å². The minimum Gasteiger partial charge on any atom is -0.453 e. The molecular weight excluding hydrogens is 270 g/mol. The predicted molar refractivity (Wildman–Crippen MR) is 53.7 cm³/mol. The summed E-state index contributed by atoms with van der Waals surface area (Å²) in [6.07, 6.45) is -2.23. The molecule has 0 bridgehead atoms. The molecule has 11 nitrogen and oxygen atoms in total. The molecule has 0 aliphatic carbocycles. The van der Waals surface area contributed by atoms with Crippen LogP contribution >= 0.6 is 0 Å². The van der Waals surface area contributed by atoms with Gasteiger partial charge in [-0.1, -0.05) is 0 Å². The Morgan fingerprint density at radius 2 is 1.53 bits per heavy atom. The van der Waals surface area contributed by atoms with E-state index in [1.807, 2.05) is 0 Å². The lowest BCUT2D eigenvalue weighted by Crippen LogP contribution is -2.82. The van der Waals surface area contributed by atoms with Gasteiger partial charge in [0.05, 0.1) is 7.11 Å². The van der Waals surface area contributed by atoms with E-state index in [0.717, 1.165) is 7.11 Å². The molecule has 0 fully saturated rings. The molecule has 2 atom stereocenters. The summed E-state index contributed by atoms with van der Waals surface area (Å²) >= 11 is 0. The van der Waals surface area contributed by atoms with E-state index in [1.54, 1.807) is 0 Å². The molecule has 0 heterocycles. The van der Waals surface area contributed by atoms with Crippen molar-refractivity contribution in [2.24, 2.45) is 0 Å². The highest BCUT2D eigenvalue weighted by Gasteiger charge is 2.72. The molecule has 0 aromatic heterocycles. The molecule has 0 aromatic carbocycles. The summed E-state index contributed by atoms with van der Waals surface area (Å²) in [5.74, 6) is -8.02. The first-order chi connectivity index (χ1) is 8.27. The third-order valence-electron chi connectivity index (χ3n) is 2.37. The number of methoxy groups -OCH3 is 1. The van der Waals surface area contributed by atoms with Crippen molar-refractivity contribution in [1.29, 1.82) is 0 Å². The fraction of sp³-hybridized carbons (Fsp3) is 0.750. The van der Waals surface area contributed by atoms with Gasteiger partial charge in [-0.2, -0.15) is 0 Å². The summed E-state index contributed by atoms with van der Waals surface area (Å²) in [7, 11) is 0.792. The smallest absolute Gasteiger partial charge is 0.409 e. The van der Waals surface area contributed by atoms with Gasteiger partial charge in [0, 0.05) is 0 Å². The van der Waals surface area contributed by atoms with Crippen LogP contribution in [0.3, 0.4) is 0 Å². The number of rotatable bonds is 5. The summed E-state index contributed by atoms with van der Waals surface area (Å²) in [6.45, 7) is 0.303. The van der Waals surface area contributed by atoms with Crippen LogP contribution in [0, 0.1) is 0 Å². The number of nitrogens with one attached hydrogen (secondary N) is 1. The molecule has 1 amide bonds. The predicted octanol–water partition coefficient (Wildman–Crippen LogP) is -4.71. The van der Waals surface area contributed by atoms with Crippen molar-refractivity contribution in [3.63, 3.8) is 0 Å². The van der Waals surface area contributed by atoms with Gasteiger partial charge in [0.1, 0.15) is 0 Å². The van der Waals surface area contributed by atoms with E-state index >= 15 is 0 Å². The van der Waals surface area contributed by atoms with Crippen LogP contribution in [-0.4, -0.2) is 78.3 Å². The van der Waals surface area contributed by atoms with E-state index in [9.17, 15) is 30.0 Å². The average Bonchev–Trinajstić information content (AvgIpc) is 2.24. The van der Waals surface area contributed by atoms with Crippen LogP contribution in [0.15, 0.2) is 0 Å². The average molecular weight is 285 g/mol. The molecule has 112 valence electrons. The standard InChI is InChI=1S/C8H15NO10/c1-5(12,13)7(15,8(16,17)18)6(14,3-10)9-4(11)19-2/h3,12-18H,1-2H3,(H,9,11). The van der Waals surface area contributed by atoms with Crippen molar-refractivity contribution < 1.29 is 50.1 Å².